The molecule has 0 fully saturated rings. The zero-order valence-electron chi connectivity index (χ0n) is 10.4. The molecule has 0 atom stereocenters. The van der Waals surface area contributed by atoms with Crippen LogP contribution in [-0.2, 0) is 6.18 Å². The van der Waals surface area contributed by atoms with Crippen LogP contribution in [0, 0.1) is 0 Å². The van der Waals surface area contributed by atoms with Crippen molar-refractivity contribution in [3.05, 3.63) is 58.6 Å². The summed E-state index contributed by atoms with van der Waals surface area (Å²) in [7, 11) is 0. The Morgan fingerprint density at radius 2 is 1.81 bits per heavy atom. The quantitative estimate of drug-likeness (QED) is 0.867. The lowest BCUT2D eigenvalue weighted by Crippen LogP contribution is -2.18. The molecule has 0 aromatic heterocycles. The van der Waals surface area contributed by atoms with Gasteiger partial charge < -0.3 is 10.4 Å². The summed E-state index contributed by atoms with van der Waals surface area (Å²) in [6, 6.07) is 8.29. The molecule has 0 aliphatic rings. The summed E-state index contributed by atoms with van der Waals surface area (Å²) in [5, 5.41) is 11.8. The van der Waals surface area contributed by atoms with Gasteiger partial charge in [-0.15, -0.1) is 0 Å². The predicted molar refractivity (Wildman–Crippen MR) is 72.5 cm³/mol. The number of phenols is 1. The monoisotopic (exact) mass is 315 g/mol. The lowest BCUT2D eigenvalue weighted by atomic mass is 10.1. The van der Waals surface area contributed by atoms with E-state index in [4.69, 9.17) is 11.6 Å². The van der Waals surface area contributed by atoms with Crippen molar-refractivity contribution in [1.29, 1.82) is 0 Å². The van der Waals surface area contributed by atoms with E-state index in [9.17, 15) is 23.1 Å². The number of phenolic OH excluding ortho intramolecular Hbond substituents is 1. The molecule has 2 N–H and O–H groups in total. The Morgan fingerprint density at radius 1 is 1.14 bits per heavy atom. The second-order valence-electron chi connectivity index (χ2n) is 4.16. The van der Waals surface area contributed by atoms with Crippen LogP contribution in [0.2, 0.25) is 5.02 Å². The van der Waals surface area contributed by atoms with Crippen molar-refractivity contribution < 1.29 is 23.1 Å². The molecule has 0 radical (unpaired) electrons. The zero-order valence-corrected chi connectivity index (χ0v) is 11.2. The zero-order chi connectivity index (χ0) is 15.6. The van der Waals surface area contributed by atoms with Gasteiger partial charge in [-0.3, -0.25) is 4.79 Å². The molecule has 0 saturated carbocycles. The van der Waals surface area contributed by atoms with Crippen molar-refractivity contribution in [2.75, 3.05) is 5.32 Å². The van der Waals surface area contributed by atoms with E-state index in [1.54, 1.807) is 0 Å². The van der Waals surface area contributed by atoms with E-state index in [2.05, 4.69) is 5.32 Å². The van der Waals surface area contributed by atoms with E-state index >= 15 is 0 Å². The van der Waals surface area contributed by atoms with Crippen LogP contribution >= 0.6 is 11.6 Å². The molecule has 0 unspecified atom stereocenters. The van der Waals surface area contributed by atoms with Gasteiger partial charge in [0.25, 0.3) is 5.91 Å². The highest BCUT2D eigenvalue weighted by molar-refractivity contribution is 6.32. The Balaban J connectivity index is 2.31. The Morgan fingerprint density at radius 3 is 2.43 bits per heavy atom. The minimum Gasteiger partial charge on any atom is -0.506 e. The molecule has 0 spiro atoms. The number of carbonyl (C=O) groups is 1. The number of amides is 1. The molecule has 0 aliphatic carbocycles. The number of nitrogens with one attached hydrogen (secondary N) is 1. The van der Waals surface area contributed by atoms with E-state index in [-0.39, 0.29) is 16.5 Å². The number of alkyl halides is 3. The fourth-order valence-corrected chi connectivity index (χ4v) is 1.83. The summed E-state index contributed by atoms with van der Waals surface area (Å²) < 4.78 is 38.5. The molecule has 3 nitrogen and oxygen atoms in total. The maximum atomic E-state index is 12.8. The van der Waals surface area contributed by atoms with E-state index in [0.717, 1.165) is 18.2 Å². The summed E-state index contributed by atoms with van der Waals surface area (Å²) in [5.74, 6) is -1.21. The number of benzene rings is 2. The van der Waals surface area contributed by atoms with Gasteiger partial charge in [-0.2, -0.15) is 13.2 Å². The molecule has 1 amide bonds. The molecule has 21 heavy (non-hydrogen) atoms. The molecule has 7 heteroatoms. The van der Waals surface area contributed by atoms with E-state index < -0.39 is 23.2 Å². The van der Waals surface area contributed by atoms with Crippen molar-refractivity contribution in [2.24, 2.45) is 0 Å². The Bertz CT molecular complexity index is 686. The predicted octanol–water partition coefficient (Wildman–Crippen LogP) is 4.32. The molecule has 2 aromatic carbocycles. The molecule has 2 aromatic rings. The molecular formula is C14H9ClF3NO2. The van der Waals surface area contributed by atoms with E-state index in [1.807, 2.05) is 0 Å². The average Bonchev–Trinajstić information content (AvgIpc) is 2.42. The van der Waals surface area contributed by atoms with Crippen LogP contribution in [0.15, 0.2) is 42.5 Å². The molecule has 0 heterocycles. The van der Waals surface area contributed by atoms with Crippen molar-refractivity contribution in [3.8, 4) is 5.75 Å². The molecule has 0 saturated heterocycles. The van der Waals surface area contributed by atoms with Gasteiger partial charge in [-0.25, -0.2) is 0 Å². The van der Waals surface area contributed by atoms with Crippen LogP contribution in [0.1, 0.15) is 15.9 Å². The van der Waals surface area contributed by atoms with Gasteiger partial charge >= 0.3 is 6.18 Å². The molecule has 2 rings (SSSR count). The van der Waals surface area contributed by atoms with Gasteiger partial charge in [0.2, 0.25) is 0 Å². The fourth-order valence-electron chi connectivity index (χ4n) is 1.72. The number of hydrogen-bond donors (Lipinski definition) is 2. The van der Waals surface area contributed by atoms with Crippen LogP contribution in [0.25, 0.3) is 0 Å². The lowest BCUT2D eigenvalue weighted by Gasteiger charge is -2.12. The van der Waals surface area contributed by atoms with Crippen LogP contribution in [0.4, 0.5) is 18.9 Å². The maximum absolute atomic E-state index is 12.8. The standard InChI is InChI=1S/C14H9ClF3NO2/c15-11-6-5-8(7-12(11)20)19-13(21)9-3-1-2-4-10(9)14(16,17)18/h1-7,20H,(H,19,21). The van der Waals surface area contributed by atoms with Crippen LogP contribution in [-0.4, -0.2) is 11.0 Å². The third-order valence-corrected chi connectivity index (χ3v) is 3.00. The third-order valence-electron chi connectivity index (χ3n) is 2.68. The second-order valence-corrected chi connectivity index (χ2v) is 4.57. The van der Waals surface area contributed by atoms with Crippen LogP contribution in [0.3, 0.4) is 0 Å². The number of rotatable bonds is 2. The summed E-state index contributed by atoms with van der Waals surface area (Å²) in [5.41, 5.74) is -1.39. The van der Waals surface area contributed by atoms with Gasteiger partial charge in [-0.05, 0) is 24.3 Å². The summed E-state index contributed by atoms with van der Waals surface area (Å²) in [6.45, 7) is 0. The number of hydrogen-bond acceptors (Lipinski definition) is 2. The summed E-state index contributed by atoms with van der Waals surface area (Å²) in [6.07, 6.45) is -4.63. The largest absolute Gasteiger partial charge is 0.506 e. The first-order valence-corrected chi connectivity index (χ1v) is 6.13. The lowest BCUT2D eigenvalue weighted by molar-refractivity contribution is -0.137. The first kappa shape index (κ1) is 15.2. The fraction of sp³-hybridized carbons (Fsp3) is 0.0714. The summed E-state index contributed by atoms with van der Waals surface area (Å²) >= 11 is 5.61. The van der Waals surface area contributed by atoms with Crippen molar-refractivity contribution in [1.82, 2.24) is 0 Å². The normalized spacial score (nSPS) is 11.2. The van der Waals surface area contributed by atoms with Crippen molar-refractivity contribution in [3.63, 3.8) is 0 Å². The third kappa shape index (κ3) is 3.46. The second kappa shape index (κ2) is 5.65. The first-order valence-electron chi connectivity index (χ1n) is 5.75. The van der Waals surface area contributed by atoms with Crippen molar-refractivity contribution in [2.45, 2.75) is 6.18 Å². The summed E-state index contributed by atoms with van der Waals surface area (Å²) in [4.78, 5) is 12.0. The van der Waals surface area contributed by atoms with Crippen molar-refractivity contribution >= 4 is 23.2 Å². The minimum atomic E-state index is -4.63. The van der Waals surface area contributed by atoms with Gasteiger partial charge in [0.15, 0.2) is 0 Å². The maximum Gasteiger partial charge on any atom is 0.417 e. The Labute approximate surface area is 123 Å². The van der Waals surface area contributed by atoms with Crippen LogP contribution in [0.5, 0.6) is 5.75 Å². The molecule has 0 bridgehead atoms. The van der Waals surface area contributed by atoms with E-state index in [1.165, 1.54) is 24.3 Å². The topological polar surface area (TPSA) is 49.3 Å². The SMILES string of the molecule is O=C(Nc1ccc(Cl)c(O)c1)c1ccccc1C(F)(F)F. The first-order chi connectivity index (χ1) is 9.79. The molecular weight excluding hydrogens is 307 g/mol. The highest BCUT2D eigenvalue weighted by Crippen LogP contribution is 2.32. The minimum absolute atomic E-state index is 0.0729. The molecule has 110 valence electrons. The Kier molecular flexibility index (Phi) is 4.09. The van der Waals surface area contributed by atoms with E-state index in [0.29, 0.717) is 0 Å². The van der Waals surface area contributed by atoms with Gasteiger partial charge in [-0.1, -0.05) is 23.7 Å². The number of aromatic hydroxyl groups is 1. The number of anilines is 1. The average molecular weight is 316 g/mol. The van der Waals surface area contributed by atoms with Crippen LogP contribution < -0.4 is 5.32 Å². The highest BCUT2D eigenvalue weighted by atomic mass is 35.5. The smallest absolute Gasteiger partial charge is 0.417 e. The molecule has 0 aliphatic heterocycles. The van der Waals surface area contributed by atoms with Gasteiger partial charge in [0.1, 0.15) is 5.75 Å². The highest BCUT2D eigenvalue weighted by Gasteiger charge is 2.34. The number of halogens is 4. The van der Waals surface area contributed by atoms with Gasteiger partial charge in [0.05, 0.1) is 16.1 Å². The van der Waals surface area contributed by atoms with Gasteiger partial charge in [0, 0.05) is 11.8 Å². The number of carbonyl (C=O) groups excluding carboxylic acids is 1. The Hall–Kier alpha value is -2.21.